The van der Waals surface area contributed by atoms with Gasteiger partial charge in [0.1, 0.15) is 11.9 Å². The van der Waals surface area contributed by atoms with Crippen molar-refractivity contribution in [2.24, 2.45) is 0 Å². The lowest BCUT2D eigenvalue weighted by molar-refractivity contribution is 0.0950. The molecule has 2 atom stereocenters. The van der Waals surface area contributed by atoms with Crippen molar-refractivity contribution in [1.29, 1.82) is 5.26 Å². The third kappa shape index (κ3) is 6.98. The van der Waals surface area contributed by atoms with Gasteiger partial charge in [0.25, 0.3) is 0 Å². The minimum atomic E-state index is -0.599. The van der Waals surface area contributed by atoms with Crippen LogP contribution in [0.4, 0.5) is 21.0 Å². The molecule has 182 valence electrons. The summed E-state index contributed by atoms with van der Waals surface area (Å²) in [6.45, 7) is 3.65. The molecule has 0 aliphatic rings. The number of methoxy groups -OCH3 is 1. The Morgan fingerprint density at radius 3 is 2.60 bits per heavy atom. The highest BCUT2D eigenvalue weighted by atomic mass is 16.6. The number of alkyl carbamates (subject to hydrolysis) is 1. The highest BCUT2D eigenvalue weighted by Gasteiger charge is 2.16. The number of nitrogens with one attached hydrogen (secondary N) is 3. The summed E-state index contributed by atoms with van der Waals surface area (Å²) in [6.07, 6.45) is 2.55. The third-order valence-electron chi connectivity index (χ3n) is 5.18. The maximum atomic E-state index is 12.6. The maximum Gasteiger partial charge on any atom is 0.407 e. The van der Waals surface area contributed by atoms with E-state index in [1.807, 2.05) is 19.1 Å². The summed E-state index contributed by atoms with van der Waals surface area (Å²) in [7, 11) is 1.53. The highest BCUT2D eigenvalue weighted by molar-refractivity contribution is 6.00. The molecular formula is C25H27N5O5. The molecule has 2 aromatic carbocycles. The molecule has 0 fully saturated rings. The number of amides is 3. The average Bonchev–Trinajstić information content (AvgIpc) is 3.38. The number of hydrogen-bond acceptors (Lipinski definition) is 7. The van der Waals surface area contributed by atoms with Crippen LogP contribution in [0.1, 0.15) is 38.3 Å². The van der Waals surface area contributed by atoms with Crippen molar-refractivity contribution in [2.45, 2.75) is 38.8 Å². The molecule has 0 aliphatic carbocycles. The second-order valence-electron chi connectivity index (χ2n) is 7.65. The van der Waals surface area contributed by atoms with Crippen molar-refractivity contribution in [2.75, 3.05) is 17.7 Å². The van der Waals surface area contributed by atoms with E-state index in [1.54, 1.807) is 49.5 Å². The van der Waals surface area contributed by atoms with Crippen molar-refractivity contribution in [3.63, 3.8) is 0 Å². The number of rotatable bonds is 9. The van der Waals surface area contributed by atoms with Gasteiger partial charge < -0.3 is 29.8 Å². The molecule has 1 aromatic heterocycles. The molecule has 35 heavy (non-hydrogen) atoms. The molecule has 10 nitrogen and oxygen atoms in total. The second-order valence-corrected chi connectivity index (χ2v) is 7.65. The standard InChI is InChI=1S/C25H27N5O5/c1-4-20(10-11-26)35-25(32)28-16(2)17-6-5-7-18(12-17)29-24(31)30-19-8-9-21(22(13-19)33-3)23-14-27-15-34-23/h5-9,12-16,20H,4,10H2,1-3H3,(H,28,32)(H2,29,30,31)/t16?,20-/m1/s1. The van der Waals surface area contributed by atoms with Gasteiger partial charge in [0.2, 0.25) is 0 Å². The van der Waals surface area contributed by atoms with Gasteiger partial charge in [0.05, 0.1) is 37.4 Å². The first-order valence-electron chi connectivity index (χ1n) is 11.0. The Morgan fingerprint density at radius 1 is 1.17 bits per heavy atom. The van der Waals surface area contributed by atoms with E-state index in [4.69, 9.17) is 19.2 Å². The molecule has 0 saturated heterocycles. The van der Waals surface area contributed by atoms with Crippen molar-refractivity contribution < 1.29 is 23.5 Å². The number of hydrogen-bond donors (Lipinski definition) is 3. The van der Waals surface area contributed by atoms with Gasteiger partial charge in [-0.15, -0.1) is 0 Å². The first kappa shape index (κ1) is 25.1. The Kier molecular flexibility index (Phi) is 8.67. The zero-order valence-corrected chi connectivity index (χ0v) is 19.7. The van der Waals surface area contributed by atoms with E-state index in [0.717, 1.165) is 5.56 Å². The number of nitriles is 1. The van der Waals surface area contributed by atoms with E-state index < -0.39 is 18.2 Å². The summed E-state index contributed by atoms with van der Waals surface area (Å²) in [6, 6.07) is 13.4. The minimum absolute atomic E-state index is 0.140. The Balaban J connectivity index is 1.60. The molecule has 1 heterocycles. The van der Waals surface area contributed by atoms with Gasteiger partial charge in [0, 0.05) is 17.4 Å². The number of benzene rings is 2. The van der Waals surface area contributed by atoms with E-state index in [-0.39, 0.29) is 12.5 Å². The molecule has 3 aromatic rings. The van der Waals surface area contributed by atoms with Crippen LogP contribution in [0.5, 0.6) is 5.75 Å². The van der Waals surface area contributed by atoms with Crippen LogP contribution < -0.4 is 20.7 Å². The zero-order chi connectivity index (χ0) is 25.2. The number of aromatic nitrogens is 1. The highest BCUT2D eigenvalue weighted by Crippen LogP contribution is 2.32. The number of nitrogens with zero attached hydrogens (tertiary/aromatic N) is 2. The summed E-state index contributed by atoms with van der Waals surface area (Å²) in [5, 5.41) is 17.1. The van der Waals surface area contributed by atoms with Gasteiger partial charge in [0.15, 0.2) is 12.2 Å². The van der Waals surface area contributed by atoms with Crippen LogP contribution >= 0.6 is 0 Å². The molecule has 0 radical (unpaired) electrons. The predicted molar refractivity (Wildman–Crippen MR) is 130 cm³/mol. The monoisotopic (exact) mass is 477 g/mol. The fourth-order valence-electron chi connectivity index (χ4n) is 3.32. The zero-order valence-electron chi connectivity index (χ0n) is 19.7. The van der Waals surface area contributed by atoms with Crippen LogP contribution in [-0.4, -0.2) is 30.3 Å². The Hall–Kier alpha value is -4.52. The lowest BCUT2D eigenvalue weighted by Gasteiger charge is -2.18. The first-order valence-corrected chi connectivity index (χ1v) is 11.0. The SMILES string of the molecule is CC[C@H](CC#N)OC(=O)NC(C)c1cccc(NC(=O)Nc2ccc(-c3cnco3)c(OC)c2)c1. The van der Waals surface area contributed by atoms with E-state index in [2.05, 4.69) is 20.9 Å². The van der Waals surface area contributed by atoms with Crippen LogP contribution in [0.25, 0.3) is 11.3 Å². The van der Waals surface area contributed by atoms with Crippen LogP contribution in [0.15, 0.2) is 59.5 Å². The number of ether oxygens (including phenoxy) is 2. The van der Waals surface area contributed by atoms with Gasteiger partial charge in [-0.25, -0.2) is 14.6 Å². The molecule has 0 saturated carbocycles. The van der Waals surface area contributed by atoms with E-state index in [1.165, 1.54) is 13.5 Å². The smallest absolute Gasteiger partial charge is 0.407 e. The lowest BCUT2D eigenvalue weighted by Crippen LogP contribution is -2.31. The molecule has 3 amide bonds. The molecule has 0 bridgehead atoms. The summed E-state index contributed by atoms with van der Waals surface area (Å²) >= 11 is 0. The van der Waals surface area contributed by atoms with E-state index in [9.17, 15) is 9.59 Å². The van der Waals surface area contributed by atoms with Crippen LogP contribution in [0.2, 0.25) is 0 Å². The Morgan fingerprint density at radius 2 is 1.94 bits per heavy atom. The largest absolute Gasteiger partial charge is 0.496 e. The number of carbonyl (C=O) groups is 2. The minimum Gasteiger partial charge on any atom is -0.496 e. The number of oxazole rings is 1. The Bertz CT molecular complexity index is 1190. The fourth-order valence-corrected chi connectivity index (χ4v) is 3.32. The van der Waals surface area contributed by atoms with Crippen LogP contribution in [0, 0.1) is 11.3 Å². The van der Waals surface area contributed by atoms with Crippen molar-refractivity contribution in [3.8, 4) is 23.1 Å². The average molecular weight is 478 g/mol. The number of carbonyl (C=O) groups excluding carboxylic acids is 2. The quantitative estimate of drug-likeness (QED) is 0.371. The van der Waals surface area contributed by atoms with E-state index in [0.29, 0.717) is 34.9 Å². The third-order valence-corrected chi connectivity index (χ3v) is 5.18. The van der Waals surface area contributed by atoms with Crippen LogP contribution in [0.3, 0.4) is 0 Å². The van der Waals surface area contributed by atoms with Crippen molar-refractivity contribution in [3.05, 3.63) is 60.6 Å². The fraction of sp³-hybridized carbons (Fsp3) is 0.280. The van der Waals surface area contributed by atoms with Crippen molar-refractivity contribution >= 4 is 23.5 Å². The molecule has 3 N–H and O–H groups in total. The van der Waals surface area contributed by atoms with Crippen molar-refractivity contribution in [1.82, 2.24) is 10.3 Å². The molecule has 10 heteroatoms. The first-order chi connectivity index (χ1) is 16.9. The maximum absolute atomic E-state index is 12.6. The van der Waals surface area contributed by atoms with Gasteiger partial charge in [-0.05, 0) is 43.2 Å². The number of urea groups is 1. The van der Waals surface area contributed by atoms with E-state index >= 15 is 0 Å². The van der Waals surface area contributed by atoms with Gasteiger partial charge in [-0.3, -0.25) is 0 Å². The molecular weight excluding hydrogens is 450 g/mol. The number of anilines is 2. The topological polar surface area (TPSA) is 139 Å². The van der Waals surface area contributed by atoms with Gasteiger partial charge >= 0.3 is 12.1 Å². The van der Waals surface area contributed by atoms with Gasteiger partial charge in [-0.1, -0.05) is 19.1 Å². The second kappa shape index (κ2) is 12.1. The van der Waals surface area contributed by atoms with Crippen LogP contribution in [-0.2, 0) is 4.74 Å². The Labute approximate surface area is 203 Å². The summed E-state index contributed by atoms with van der Waals surface area (Å²) in [5.74, 6) is 1.07. The normalized spacial score (nSPS) is 12.1. The molecule has 0 spiro atoms. The summed E-state index contributed by atoms with van der Waals surface area (Å²) < 4.78 is 16.0. The van der Waals surface area contributed by atoms with Gasteiger partial charge in [-0.2, -0.15) is 5.26 Å². The predicted octanol–water partition coefficient (Wildman–Crippen LogP) is 5.47. The summed E-state index contributed by atoms with van der Waals surface area (Å²) in [5.41, 5.74) is 2.55. The molecule has 0 aliphatic heterocycles. The molecule has 1 unspecified atom stereocenters. The molecule has 3 rings (SSSR count). The summed E-state index contributed by atoms with van der Waals surface area (Å²) in [4.78, 5) is 28.6. The lowest BCUT2D eigenvalue weighted by atomic mass is 10.1.